The summed E-state index contributed by atoms with van der Waals surface area (Å²) < 4.78 is 2.05. The summed E-state index contributed by atoms with van der Waals surface area (Å²) in [5.74, 6) is 0.720. The van der Waals surface area contributed by atoms with Crippen LogP contribution in [-0.4, -0.2) is 40.5 Å². The van der Waals surface area contributed by atoms with Crippen LogP contribution in [0.2, 0.25) is 0 Å². The molecule has 1 aliphatic rings. The second-order valence-corrected chi connectivity index (χ2v) is 7.64. The number of hydrogen-bond donors (Lipinski definition) is 3. The van der Waals surface area contributed by atoms with E-state index in [0.717, 1.165) is 30.8 Å². The fourth-order valence-electron chi connectivity index (χ4n) is 3.39. The summed E-state index contributed by atoms with van der Waals surface area (Å²) in [7, 11) is 1.76. The molecule has 0 saturated heterocycles. The van der Waals surface area contributed by atoms with E-state index in [1.165, 1.54) is 16.8 Å². The summed E-state index contributed by atoms with van der Waals surface area (Å²) in [6.07, 6.45) is 4.60. The maximum atomic E-state index is 10.4. The van der Waals surface area contributed by atoms with Crippen LogP contribution in [0.5, 0.6) is 0 Å². The molecule has 3 N–H and O–H groups in total. The van der Waals surface area contributed by atoms with Crippen molar-refractivity contribution in [3.63, 3.8) is 0 Å². The number of aliphatic imine (C=N–C) groups is 1. The van der Waals surface area contributed by atoms with Gasteiger partial charge in [-0.1, -0.05) is 29.8 Å². The highest BCUT2D eigenvalue weighted by atomic mass is 16.3. The van der Waals surface area contributed by atoms with E-state index in [1.54, 1.807) is 7.05 Å². The number of nitrogens with one attached hydrogen (secondary N) is 2. The monoisotopic (exact) mass is 369 g/mol. The Morgan fingerprint density at radius 1 is 1.33 bits per heavy atom. The number of fused-ring (bicyclic) bond motifs is 1. The van der Waals surface area contributed by atoms with Crippen LogP contribution in [0.15, 0.2) is 35.5 Å². The van der Waals surface area contributed by atoms with Crippen molar-refractivity contribution in [2.45, 2.75) is 58.2 Å². The highest BCUT2D eigenvalue weighted by Crippen LogP contribution is 2.21. The highest BCUT2D eigenvalue weighted by molar-refractivity contribution is 5.80. The van der Waals surface area contributed by atoms with Gasteiger partial charge < -0.3 is 15.7 Å². The van der Waals surface area contributed by atoms with Crippen LogP contribution in [-0.2, 0) is 12.8 Å². The van der Waals surface area contributed by atoms with Crippen molar-refractivity contribution in [2.75, 3.05) is 13.6 Å². The molecule has 2 unspecified atom stereocenters. The van der Waals surface area contributed by atoms with Gasteiger partial charge in [0, 0.05) is 38.3 Å². The molecule has 0 fully saturated rings. The van der Waals surface area contributed by atoms with Gasteiger partial charge in [0.25, 0.3) is 0 Å². The smallest absolute Gasteiger partial charge is 0.191 e. The van der Waals surface area contributed by atoms with Crippen molar-refractivity contribution < 1.29 is 5.11 Å². The predicted octanol–water partition coefficient (Wildman–Crippen LogP) is 2.53. The molecule has 1 aliphatic carbocycles. The Morgan fingerprint density at radius 2 is 2.07 bits per heavy atom. The van der Waals surface area contributed by atoms with E-state index < -0.39 is 6.10 Å². The Bertz CT molecular complexity index is 778. The van der Waals surface area contributed by atoms with Crippen LogP contribution in [0.3, 0.4) is 0 Å². The minimum Gasteiger partial charge on any atom is -0.387 e. The fourth-order valence-corrected chi connectivity index (χ4v) is 3.39. The lowest BCUT2D eigenvalue weighted by atomic mass is 9.94. The van der Waals surface area contributed by atoms with Crippen LogP contribution >= 0.6 is 0 Å². The first-order valence-electron chi connectivity index (χ1n) is 9.75. The molecule has 0 aliphatic heterocycles. The average molecular weight is 370 g/mol. The zero-order valence-electron chi connectivity index (χ0n) is 16.7. The second-order valence-electron chi connectivity index (χ2n) is 7.64. The van der Waals surface area contributed by atoms with Gasteiger partial charge in [-0.3, -0.25) is 9.67 Å². The van der Waals surface area contributed by atoms with Crippen molar-refractivity contribution >= 4 is 5.96 Å². The van der Waals surface area contributed by atoms with E-state index in [1.807, 2.05) is 31.2 Å². The zero-order chi connectivity index (χ0) is 19.4. The number of hydrogen-bond acceptors (Lipinski definition) is 3. The maximum absolute atomic E-state index is 10.4. The molecule has 0 saturated carbocycles. The van der Waals surface area contributed by atoms with Gasteiger partial charge in [-0.25, -0.2) is 0 Å². The molecule has 2 aromatic rings. The van der Waals surface area contributed by atoms with Crippen LogP contribution in [0.25, 0.3) is 0 Å². The van der Waals surface area contributed by atoms with Gasteiger partial charge >= 0.3 is 0 Å². The number of guanidine groups is 1. The third kappa shape index (κ3) is 4.89. The van der Waals surface area contributed by atoms with E-state index in [4.69, 9.17) is 5.10 Å². The first kappa shape index (κ1) is 19.4. The summed E-state index contributed by atoms with van der Waals surface area (Å²) in [4.78, 5) is 4.31. The van der Waals surface area contributed by atoms with Gasteiger partial charge in [0.2, 0.25) is 0 Å². The lowest BCUT2D eigenvalue weighted by molar-refractivity contribution is 0.180. The molecule has 0 radical (unpaired) electrons. The van der Waals surface area contributed by atoms with Gasteiger partial charge in [-0.05, 0) is 44.7 Å². The predicted molar refractivity (Wildman–Crippen MR) is 109 cm³/mol. The molecule has 1 aromatic heterocycles. The van der Waals surface area contributed by atoms with Crippen LogP contribution in [0, 0.1) is 6.92 Å². The number of aryl methyl sites for hydroxylation is 2. The Kier molecular flexibility index (Phi) is 6.16. The fraction of sp³-hybridized carbons (Fsp3) is 0.524. The first-order chi connectivity index (χ1) is 13.0. The Balaban J connectivity index is 1.53. The summed E-state index contributed by atoms with van der Waals surface area (Å²) in [6, 6.07) is 8.65. The molecular formula is C21H31N5O. The van der Waals surface area contributed by atoms with Crippen LogP contribution < -0.4 is 10.6 Å². The molecular weight excluding hydrogens is 338 g/mol. The van der Waals surface area contributed by atoms with Crippen molar-refractivity contribution in [1.82, 2.24) is 20.4 Å². The van der Waals surface area contributed by atoms with Crippen LogP contribution in [0.4, 0.5) is 0 Å². The van der Waals surface area contributed by atoms with E-state index >= 15 is 0 Å². The standard InChI is InChI=1S/C21H31N5O/c1-14(2)26-13-17-9-10-18(11-19(17)25-26)24-21(22-4)23-12-20(27)16-7-5-15(3)6-8-16/h5-8,13-14,18,20,27H,9-12H2,1-4H3,(H2,22,23,24). The molecule has 146 valence electrons. The molecule has 2 atom stereocenters. The summed E-state index contributed by atoms with van der Waals surface area (Å²) in [6.45, 7) is 6.77. The van der Waals surface area contributed by atoms with E-state index in [-0.39, 0.29) is 0 Å². The maximum Gasteiger partial charge on any atom is 0.191 e. The van der Waals surface area contributed by atoms with E-state index in [0.29, 0.717) is 18.6 Å². The summed E-state index contributed by atoms with van der Waals surface area (Å²) >= 11 is 0. The molecule has 0 spiro atoms. The lowest BCUT2D eigenvalue weighted by Crippen LogP contribution is -2.46. The minimum atomic E-state index is -0.566. The Morgan fingerprint density at radius 3 is 2.74 bits per heavy atom. The van der Waals surface area contributed by atoms with Crippen molar-refractivity contribution in [3.05, 3.63) is 52.8 Å². The molecule has 6 heteroatoms. The quantitative estimate of drug-likeness (QED) is 0.559. The Hall–Kier alpha value is -2.34. The van der Waals surface area contributed by atoms with Crippen molar-refractivity contribution in [1.29, 1.82) is 0 Å². The van der Waals surface area contributed by atoms with E-state index in [9.17, 15) is 5.11 Å². The topological polar surface area (TPSA) is 74.5 Å². The molecule has 0 bridgehead atoms. The van der Waals surface area contributed by atoms with Crippen LogP contribution in [0.1, 0.15) is 54.8 Å². The minimum absolute atomic E-state index is 0.302. The average Bonchev–Trinajstić information content (AvgIpc) is 3.09. The number of nitrogens with zero attached hydrogens (tertiary/aromatic N) is 3. The first-order valence-corrected chi connectivity index (χ1v) is 9.75. The van der Waals surface area contributed by atoms with Gasteiger partial charge in [0.1, 0.15) is 0 Å². The van der Waals surface area contributed by atoms with Crippen molar-refractivity contribution in [2.24, 2.45) is 4.99 Å². The van der Waals surface area contributed by atoms with E-state index in [2.05, 4.69) is 40.4 Å². The molecule has 0 amide bonds. The largest absolute Gasteiger partial charge is 0.387 e. The Labute approximate surface area is 161 Å². The molecule has 1 aromatic carbocycles. The summed E-state index contributed by atoms with van der Waals surface area (Å²) in [5.41, 5.74) is 4.64. The molecule has 1 heterocycles. The number of aliphatic hydroxyl groups is 1. The van der Waals surface area contributed by atoms with Crippen molar-refractivity contribution in [3.8, 4) is 0 Å². The molecule has 3 rings (SSSR count). The second kappa shape index (κ2) is 8.57. The third-order valence-electron chi connectivity index (χ3n) is 5.12. The molecule has 6 nitrogen and oxygen atoms in total. The third-order valence-corrected chi connectivity index (χ3v) is 5.12. The zero-order valence-corrected chi connectivity index (χ0v) is 16.7. The highest BCUT2D eigenvalue weighted by Gasteiger charge is 2.23. The van der Waals surface area contributed by atoms with Gasteiger partial charge in [0.15, 0.2) is 5.96 Å². The number of benzene rings is 1. The lowest BCUT2D eigenvalue weighted by Gasteiger charge is -2.25. The number of aliphatic hydroxyl groups excluding tert-OH is 1. The normalized spacial score (nSPS) is 18.3. The van der Waals surface area contributed by atoms with Gasteiger partial charge in [0.05, 0.1) is 11.8 Å². The SMILES string of the molecule is CN=C(NCC(O)c1ccc(C)cc1)NC1CCc2cn(C(C)C)nc2C1. The van der Waals surface area contributed by atoms with Gasteiger partial charge in [-0.15, -0.1) is 0 Å². The van der Waals surface area contributed by atoms with Gasteiger partial charge in [-0.2, -0.15) is 5.10 Å². The summed E-state index contributed by atoms with van der Waals surface area (Å²) in [5, 5.41) is 21.8. The molecule has 27 heavy (non-hydrogen) atoms. The number of rotatable bonds is 5. The number of aromatic nitrogens is 2.